The fourth-order valence-corrected chi connectivity index (χ4v) is 10.4. The first-order chi connectivity index (χ1) is 21.2. The Morgan fingerprint density at radius 1 is 1.04 bits per heavy atom. The molecule has 0 aromatic carbocycles. The first kappa shape index (κ1) is 37.3. The number of nitrogens with zero attached hydrogens (tertiary/aromatic N) is 2. The summed E-state index contributed by atoms with van der Waals surface area (Å²) in [6.45, 7) is 27.1. The molecule has 2 aromatic rings. The molecule has 0 spiro atoms. The minimum atomic E-state index is -1.98. The Kier molecular flexibility index (Phi) is 11.8. The highest BCUT2D eigenvalue weighted by Gasteiger charge is 2.51. The van der Waals surface area contributed by atoms with E-state index in [1.165, 1.54) is 6.07 Å². The van der Waals surface area contributed by atoms with E-state index in [4.69, 9.17) is 27.2 Å². The molecule has 14 heteroatoms. The molecule has 8 atom stereocenters. The molecule has 0 saturated carbocycles. The summed E-state index contributed by atoms with van der Waals surface area (Å²) in [7, 11) is -5.56. The molecule has 2 saturated heterocycles. The monoisotopic (exact) mass is 710 g/mol. The van der Waals surface area contributed by atoms with Gasteiger partial charge >= 0.3 is 5.00 Å². The lowest BCUT2D eigenvalue weighted by atomic mass is 9.85. The lowest BCUT2D eigenvalue weighted by molar-refractivity contribution is -0.380. The zero-order chi connectivity index (χ0) is 34.2. The van der Waals surface area contributed by atoms with Gasteiger partial charge in [0.05, 0.1) is 53.1 Å². The molecular formula is C32H54N2O8SSi3. The summed E-state index contributed by atoms with van der Waals surface area (Å²) in [5.41, 5.74) is 1.04. The van der Waals surface area contributed by atoms with E-state index in [1.54, 1.807) is 12.3 Å². The molecular weight excluding hydrogens is 657 g/mol. The highest BCUT2D eigenvalue weighted by molar-refractivity contribution is 7.18. The molecule has 258 valence electrons. The molecule has 2 aliphatic heterocycles. The summed E-state index contributed by atoms with van der Waals surface area (Å²) in [5, 5.41) is 11.2. The Bertz CT molecular complexity index is 1360. The molecule has 10 nitrogen and oxygen atoms in total. The maximum absolute atomic E-state index is 11.1. The lowest BCUT2D eigenvalue weighted by Gasteiger charge is -2.47. The number of rotatable bonds is 15. The van der Waals surface area contributed by atoms with Crippen LogP contribution in [0.5, 0.6) is 0 Å². The van der Waals surface area contributed by atoms with Crippen molar-refractivity contribution >= 4 is 47.4 Å². The molecule has 0 amide bonds. The van der Waals surface area contributed by atoms with E-state index in [0.29, 0.717) is 35.5 Å². The maximum Gasteiger partial charge on any atom is 0.324 e. The minimum absolute atomic E-state index is 0.0693. The summed E-state index contributed by atoms with van der Waals surface area (Å²) in [6, 6.07) is 3.17. The topological polar surface area (TPSA) is 119 Å². The molecule has 0 N–H and O–H groups in total. The predicted octanol–water partition coefficient (Wildman–Crippen LogP) is 8.59. The van der Waals surface area contributed by atoms with Gasteiger partial charge in [-0.15, -0.1) is 0 Å². The van der Waals surface area contributed by atoms with Crippen molar-refractivity contribution in [2.24, 2.45) is 11.8 Å². The van der Waals surface area contributed by atoms with E-state index >= 15 is 0 Å². The van der Waals surface area contributed by atoms with Crippen molar-refractivity contribution < 1.29 is 32.1 Å². The molecule has 0 aliphatic carbocycles. The molecule has 0 radical (unpaired) electrons. The second kappa shape index (κ2) is 14.5. The Morgan fingerprint density at radius 3 is 2.28 bits per heavy atom. The second-order valence-corrected chi connectivity index (χ2v) is 30.3. The molecule has 4 heterocycles. The average molecular weight is 711 g/mol. The Hall–Kier alpha value is -1.50. The second-order valence-electron chi connectivity index (χ2n) is 15.8. The van der Waals surface area contributed by atoms with Crippen molar-refractivity contribution in [2.45, 2.75) is 129 Å². The fourth-order valence-electron chi connectivity index (χ4n) is 6.07. The molecule has 2 aliphatic rings. The summed E-state index contributed by atoms with van der Waals surface area (Å²) in [4.78, 5) is 15.8. The van der Waals surface area contributed by atoms with Crippen LogP contribution in [0.4, 0.5) is 5.00 Å². The van der Waals surface area contributed by atoms with Crippen molar-refractivity contribution in [1.82, 2.24) is 4.98 Å². The molecule has 0 unspecified atom stereocenters. The standard InChI is InChI=1S/C32H54N2O8SSi3/c1-20(16-28-33-18-26(38-28)27-13-14-29(43-27)34(35)36)15-24-32(42-46(10,11)12)31(41-45(7,8)9)23(19-37-24)17-25-30(39-25)21(2)22(3)40-44(4,5)6/h13-14,16,18,21-25,30-32H,15,17,19H2,1-12H3/b20-16+/t21-,22-,23-,24-,25-,30-,31+,32-/m0/s1. The highest BCUT2D eigenvalue weighted by atomic mass is 32.1. The third-order valence-corrected chi connectivity index (χ3v) is 12.1. The van der Waals surface area contributed by atoms with Crippen molar-refractivity contribution in [1.29, 1.82) is 0 Å². The number of hydrogen-bond acceptors (Lipinski definition) is 10. The average Bonchev–Trinajstić information content (AvgIpc) is 3.26. The zero-order valence-electron chi connectivity index (χ0n) is 29.6. The van der Waals surface area contributed by atoms with Gasteiger partial charge in [0.15, 0.2) is 30.7 Å². The summed E-state index contributed by atoms with van der Waals surface area (Å²) in [6.07, 6.45) is 5.05. The van der Waals surface area contributed by atoms with E-state index in [1.807, 2.05) is 13.0 Å². The highest BCUT2D eigenvalue weighted by Crippen LogP contribution is 2.42. The fraction of sp³-hybridized carbons (Fsp3) is 0.719. The largest absolute Gasteiger partial charge is 0.436 e. The van der Waals surface area contributed by atoms with Gasteiger partial charge in [-0.1, -0.05) is 23.8 Å². The summed E-state index contributed by atoms with van der Waals surface area (Å²) < 4.78 is 39.2. The van der Waals surface area contributed by atoms with Crippen LogP contribution in [-0.4, -0.2) is 78.1 Å². The summed E-state index contributed by atoms with van der Waals surface area (Å²) >= 11 is 1.07. The number of epoxide rings is 1. The summed E-state index contributed by atoms with van der Waals surface area (Å²) in [5.74, 6) is 1.44. The number of thiophene rings is 1. The van der Waals surface area contributed by atoms with Crippen LogP contribution in [0.1, 0.15) is 39.5 Å². The predicted molar refractivity (Wildman–Crippen MR) is 191 cm³/mol. The Labute approximate surface area is 281 Å². The third kappa shape index (κ3) is 10.8. The van der Waals surface area contributed by atoms with Gasteiger partial charge in [-0.3, -0.25) is 10.1 Å². The lowest BCUT2D eigenvalue weighted by Crippen LogP contribution is -2.58. The van der Waals surface area contributed by atoms with Crippen molar-refractivity contribution in [3.8, 4) is 10.6 Å². The van der Waals surface area contributed by atoms with Gasteiger partial charge in [-0.05, 0) is 97.8 Å². The van der Waals surface area contributed by atoms with E-state index < -0.39 is 29.9 Å². The zero-order valence-corrected chi connectivity index (χ0v) is 33.4. The minimum Gasteiger partial charge on any atom is -0.436 e. The van der Waals surface area contributed by atoms with E-state index in [0.717, 1.165) is 23.3 Å². The van der Waals surface area contributed by atoms with Crippen LogP contribution in [0.2, 0.25) is 58.9 Å². The van der Waals surface area contributed by atoms with Crippen LogP contribution in [-0.2, 0) is 22.8 Å². The number of aromatic nitrogens is 1. The SMILES string of the molecule is C/C(=C\c1ncc(-c2ccc([N+](=O)[O-])s2)o1)C[C@@H]1OC[C@H](C[C@@H]2O[C@H]2[C@@H](C)[C@H](C)O[Si](C)(C)C)[C@@H](O[Si](C)(C)C)[C@H]1O[Si](C)(C)C. The molecule has 2 fully saturated rings. The first-order valence-electron chi connectivity index (χ1n) is 16.4. The van der Waals surface area contributed by atoms with Crippen molar-refractivity contribution in [3.63, 3.8) is 0 Å². The van der Waals surface area contributed by atoms with Crippen molar-refractivity contribution in [2.75, 3.05) is 6.61 Å². The molecule has 4 rings (SSSR count). The number of nitro groups is 1. The quantitative estimate of drug-likeness (QED) is 0.0775. The van der Waals surface area contributed by atoms with Crippen LogP contribution in [0.15, 0.2) is 28.3 Å². The van der Waals surface area contributed by atoms with Gasteiger partial charge in [0, 0.05) is 24.0 Å². The maximum atomic E-state index is 11.1. The van der Waals surface area contributed by atoms with Gasteiger partial charge in [0.25, 0.3) is 0 Å². The Balaban J connectivity index is 1.49. The van der Waals surface area contributed by atoms with Crippen LogP contribution in [0, 0.1) is 22.0 Å². The van der Waals surface area contributed by atoms with Crippen LogP contribution in [0.3, 0.4) is 0 Å². The van der Waals surface area contributed by atoms with Gasteiger partial charge in [0.2, 0.25) is 5.89 Å². The third-order valence-electron chi connectivity index (χ3n) is 8.04. The van der Waals surface area contributed by atoms with Crippen LogP contribution in [0.25, 0.3) is 16.7 Å². The van der Waals surface area contributed by atoms with E-state index in [2.05, 4.69) is 77.8 Å². The van der Waals surface area contributed by atoms with Gasteiger partial charge in [-0.25, -0.2) is 4.98 Å². The van der Waals surface area contributed by atoms with E-state index in [9.17, 15) is 10.1 Å². The van der Waals surface area contributed by atoms with Gasteiger partial charge in [0.1, 0.15) is 0 Å². The van der Waals surface area contributed by atoms with E-state index in [-0.39, 0.29) is 47.5 Å². The molecule has 0 bridgehead atoms. The van der Waals surface area contributed by atoms with Crippen LogP contribution < -0.4 is 0 Å². The number of hydrogen-bond donors (Lipinski definition) is 0. The van der Waals surface area contributed by atoms with Gasteiger partial charge in [-0.2, -0.15) is 0 Å². The van der Waals surface area contributed by atoms with Gasteiger partial charge < -0.3 is 27.2 Å². The molecule has 2 aromatic heterocycles. The Morgan fingerprint density at radius 2 is 1.70 bits per heavy atom. The number of oxazole rings is 1. The number of ether oxygens (including phenoxy) is 2. The normalized spacial score (nSPS) is 27.4. The first-order valence-corrected chi connectivity index (χ1v) is 27.4. The van der Waals surface area contributed by atoms with Crippen molar-refractivity contribution in [3.05, 3.63) is 39.9 Å². The smallest absolute Gasteiger partial charge is 0.324 e. The molecule has 46 heavy (non-hydrogen) atoms. The van der Waals surface area contributed by atoms with Crippen LogP contribution >= 0.6 is 11.3 Å².